The van der Waals surface area contributed by atoms with E-state index in [4.69, 9.17) is 33.2 Å². The lowest BCUT2D eigenvalue weighted by atomic mass is 10.2. The molecule has 1 rings (SSSR count). The maximum Gasteiger partial charge on any atom is 0.341 e. The van der Waals surface area contributed by atoms with E-state index in [1.54, 1.807) is 26.0 Å². The third kappa shape index (κ3) is 6.57. The molecule has 0 aliphatic carbocycles. The zero-order chi connectivity index (χ0) is 16.3. The minimum atomic E-state index is -4.08. The number of hydrogen-bond donors (Lipinski definition) is 0. The van der Waals surface area contributed by atoms with Crippen molar-refractivity contribution in [2.24, 2.45) is 5.92 Å². The first-order valence-electron chi connectivity index (χ1n) is 6.15. The van der Waals surface area contributed by atoms with Crippen molar-refractivity contribution in [3.05, 3.63) is 29.8 Å². The Labute approximate surface area is 139 Å². The molecule has 0 spiro atoms. The number of halogens is 3. The lowest BCUT2D eigenvalue weighted by Crippen LogP contribution is -2.17. The highest BCUT2D eigenvalue weighted by Gasteiger charge is 2.25. The van der Waals surface area contributed by atoms with Crippen molar-refractivity contribution in [3.63, 3.8) is 0 Å². The molecule has 1 aromatic rings. The van der Waals surface area contributed by atoms with Gasteiger partial charge >= 0.3 is 22.1 Å². The summed E-state index contributed by atoms with van der Waals surface area (Å²) in [6.45, 7) is 3.11. The fourth-order valence-electron chi connectivity index (χ4n) is 1.36. The molecule has 0 N–H and O–H groups in total. The molecule has 0 atom stereocenters. The van der Waals surface area contributed by atoms with Crippen molar-refractivity contribution in [1.82, 2.24) is 0 Å². The number of carbonyl (C=O) groups is 1. The van der Waals surface area contributed by atoms with Crippen LogP contribution in [0.5, 0.6) is 0 Å². The molecule has 0 amide bonds. The third-order valence-electron chi connectivity index (χ3n) is 2.57. The van der Waals surface area contributed by atoms with Gasteiger partial charge in [-0.2, -0.15) is 8.42 Å². The first-order chi connectivity index (χ1) is 9.51. The van der Waals surface area contributed by atoms with Crippen LogP contribution in [0.2, 0.25) is 6.04 Å². The van der Waals surface area contributed by atoms with Gasteiger partial charge in [-0.15, -0.1) is 33.2 Å². The predicted molar refractivity (Wildman–Crippen MR) is 86.4 cm³/mol. The number of carbonyl (C=O) groups excluding carboxylic acids is 1. The van der Waals surface area contributed by atoms with Crippen LogP contribution in [0.15, 0.2) is 29.2 Å². The molecule has 0 aromatic heterocycles. The smallest absolute Gasteiger partial charge is 0.341 e. The Morgan fingerprint density at radius 2 is 1.71 bits per heavy atom. The van der Waals surface area contributed by atoms with Crippen LogP contribution in [0.1, 0.15) is 19.4 Å². The molecular formula is C12H15Cl3O4SSi. The molecule has 4 nitrogen and oxygen atoms in total. The summed E-state index contributed by atoms with van der Waals surface area (Å²) in [4.78, 5) is 11.3. The fourth-order valence-corrected chi connectivity index (χ4v) is 3.76. The summed E-state index contributed by atoms with van der Waals surface area (Å²) in [5.41, 5.74) is 0.850. The molecule has 0 saturated carbocycles. The van der Waals surface area contributed by atoms with E-state index < -0.39 is 28.0 Å². The summed E-state index contributed by atoms with van der Waals surface area (Å²) in [5.74, 6) is -1.31. The number of rotatable bonds is 6. The molecule has 0 aliphatic rings. The Hall–Kier alpha value is -0.273. The van der Waals surface area contributed by atoms with Gasteiger partial charge in [0.1, 0.15) is 4.90 Å². The van der Waals surface area contributed by atoms with Gasteiger partial charge in [-0.1, -0.05) is 26.0 Å². The van der Waals surface area contributed by atoms with Crippen LogP contribution >= 0.6 is 33.2 Å². The average molecular weight is 390 g/mol. The maximum absolute atomic E-state index is 11.9. The molecule has 9 heteroatoms. The first kappa shape index (κ1) is 18.8. The van der Waals surface area contributed by atoms with E-state index in [-0.39, 0.29) is 4.90 Å². The van der Waals surface area contributed by atoms with Gasteiger partial charge in [0, 0.05) is 0 Å². The zero-order valence-electron chi connectivity index (χ0n) is 11.5. The Balaban J connectivity index is 2.80. The van der Waals surface area contributed by atoms with Crippen LogP contribution in [0.3, 0.4) is 0 Å². The quantitative estimate of drug-likeness (QED) is 0.422. The predicted octanol–water partition coefficient (Wildman–Crippen LogP) is 3.77. The SMILES string of the molecule is CC(C)C(=O)OS(=O)(=O)c1ccc(CC[Si](Cl)(Cl)Cl)cc1. The molecule has 0 bridgehead atoms. The van der Waals surface area contributed by atoms with E-state index in [0.29, 0.717) is 12.5 Å². The van der Waals surface area contributed by atoms with Crippen LogP contribution in [0.25, 0.3) is 0 Å². The van der Waals surface area contributed by atoms with E-state index >= 15 is 0 Å². The van der Waals surface area contributed by atoms with Gasteiger partial charge in [0.15, 0.2) is 0 Å². The molecule has 118 valence electrons. The normalized spacial score (nSPS) is 12.5. The second kappa shape index (κ2) is 7.33. The molecule has 0 radical (unpaired) electrons. The molecule has 0 aliphatic heterocycles. The lowest BCUT2D eigenvalue weighted by molar-refractivity contribution is -0.137. The third-order valence-corrected chi connectivity index (χ3v) is 6.32. The standard InChI is InChI=1S/C12H15Cl3O4SSi/c1-9(2)12(16)19-20(17,18)11-5-3-10(4-6-11)7-8-21(13,14)15/h3-6,9H,7-8H2,1-2H3. The van der Waals surface area contributed by atoms with Gasteiger partial charge in [-0.05, 0) is 30.2 Å². The van der Waals surface area contributed by atoms with E-state index in [2.05, 4.69) is 4.18 Å². The summed E-state index contributed by atoms with van der Waals surface area (Å²) in [6, 6.07) is 3.73. The van der Waals surface area contributed by atoms with E-state index in [0.717, 1.165) is 5.56 Å². The van der Waals surface area contributed by atoms with Crippen molar-refractivity contribution in [1.29, 1.82) is 0 Å². The highest BCUT2D eigenvalue weighted by atomic mass is 35.8. The number of benzene rings is 1. The van der Waals surface area contributed by atoms with Crippen LogP contribution in [0, 0.1) is 5.92 Å². The summed E-state index contributed by atoms with van der Waals surface area (Å²) in [6.07, 6.45) is 0.550. The van der Waals surface area contributed by atoms with Gasteiger partial charge in [0.25, 0.3) is 0 Å². The Bertz CT molecular complexity index is 594. The largest absolute Gasteiger partial charge is 0.342 e. The summed E-state index contributed by atoms with van der Waals surface area (Å²) < 4.78 is 28.3. The van der Waals surface area contributed by atoms with E-state index in [1.807, 2.05) is 0 Å². The van der Waals surface area contributed by atoms with Crippen molar-refractivity contribution in [2.75, 3.05) is 0 Å². The van der Waals surface area contributed by atoms with Crippen LogP contribution in [-0.2, 0) is 25.5 Å². The van der Waals surface area contributed by atoms with E-state index in [9.17, 15) is 13.2 Å². The Morgan fingerprint density at radius 1 is 1.19 bits per heavy atom. The van der Waals surface area contributed by atoms with Gasteiger partial charge in [-0.25, -0.2) is 0 Å². The van der Waals surface area contributed by atoms with Crippen molar-refractivity contribution in [2.45, 2.75) is 31.2 Å². The first-order valence-corrected chi connectivity index (χ1v) is 12.8. The monoisotopic (exact) mass is 388 g/mol. The molecule has 21 heavy (non-hydrogen) atoms. The van der Waals surface area contributed by atoms with Crippen LogP contribution in [0.4, 0.5) is 0 Å². The number of hydrogen-bond acceptors (Lipinski definition) is 4. The zero-order valence-corrected chi connectivity index (χ0v) is 15.6. The Morgan fingerprint density at radius 3 is 2.14 bits per heavy atom. The maximum atomic E-state index is 11.9. The van der Waals surface area contributed by atoms with Crippen LogP contribution in [-0.4, -0.2) is 20.4 Å². The van der Waals surface area contributed by atoms with Gasteiger partial charge in [-0.3, -0.25) is 4.79 Å². The topological polar surface area (TPSA) is 60.4 Å². The minimum Gasteiger partial charge on any atom is -0.342 e. The number of aryl methyl sites for hydroxylation is 1. The van der Waals surface area contributed by atoms with Crippen LogP contribution < -0.4 is 0 Å². The summed E-state index contributed by atoms with van der Waals surface area (Å²) >= 11 is 17.4. The Kier molecular flexibility index (Phi) is 6.55. The van der Waals surface area contributed by atoms with Gasteiger partial charge < -0.3 is 4.18 Å². The lowest BCUT2D eigenvalue weighted by Gasteiger charge is -2.09. The second-order valence-corrected chi connectivity index (χ2v) is 15.6. The molecule has 0 heterocycles. The van der Waals surface area contributed by atoms with Crippen molar-refractivity contribution < 1.29 is 17.4 Å². The van der Waals surface area contributed by atoms with Crippen molar-refractivity contribution >= 4 is 55.3 Å². The minimum absolute atomic E-state index is 0.0774. The molecule has 0 saturated heterocycles. The van der Waals surface area contributed by atoms with E-state index in [1.165, 1.54) is 12.1 Å². The summed E-state index contributed by atoms with van der Waals surface area (Å²) in [5, 5.41) is 0. The van der Waals surface area contributed by atoms with Gasteiger partial charge in [0.05, 0.1) is 5.92 Å². The molecular weight excluding hydrogens is 375 g/mol. The highest BCUT2D eigenvalue weighted by Crippen LogP contribution is 2.27. The molecule has 0 unspecified atom stereocenters. The average Bonchev–Trinajstić information content (AvgIpc) is 2.35. The van der Waals surface area contributed by atoms with Gasteiger partial charge in [0.2, 0.25) is 0 Å². The second-order valence-electron chi connectivity index (χ2n) is 4.77. The molecule has 1 aromatic carbocycles. The van der Waals surface area contributed by atoms with Crippen molar-refractivity contribution in [3.8, 4) is 0 Å². The highest BCUT2D eigenvalue weighted by molar-refractivity contribution is 7.87. The molecule has 0 fully saturated rings. The fraction of sp³-hybridized carbons (Fsp3) is 0.417. The summed E-state index contributed by atoms with van der Waals surface area (Å²) in [7, 11) is -4.08.